The van der Waals surface area contributed by atoms with Gasteiger partial charge >= 0.3 is 0 Å². The van der Waals surface area contributed by atoms with E-state index in [1.54, 1.807) is 24.3 Å². The first-order valence-electron chi connectivity index (χ1n) is 9.10. The van der Waals surface area contributed by atoms with Gasteiger partial charge in [-0.15, -0.1) is 0 Å². The molecular weight excluding hydrogens is 336 g/mol. The third kappa shape index (κ3) is 5.27. The third-order valence-corrected chi connectivity index (χ3v) is 4.74. The molecule has 4 N–H and O–H groups in total. The molecule has 1 fully saturated rings. The minimum atomic E-state index is -1.17. The molecule has 2 rings (SSSR count). The standard InChI is InChI=1S/C19H28N2O5/c1-3-12(4-2)19(25)20-11-15-18(24)17(23)14(26-15)10-16(22)21-13-8-6-5-7-9-13/h5-9,12,14-15,17-18,23-24H,3-4,10-11H2,1-2H3,(H,20,25)(H,21,22). The summed E-state index contributed by atoms with van der Waals surface area (Å²) >= 11 is 0. The van der Waals surface area contributed by atoms with Crippen molar-refractivity contribution in [1.82, 2.24) is 5.32 Å². The number of aliphatic hydroxyl groups excluding tert-OH is 2. The molecule has 1 aliphatic rings. The Bertz CT molecular complexity index is 591. The van der Waals surface area contributed by atoms with Crippen LogP contribution in [0.4, 0.5) is 5.69 Å². The molecule has 26 heavy (non-hydrogen) atoms. The molecule has 1 aliphatic heterocycles. The van der Waals surface area contributed by atoms with Gasteiger partial charge < -0.3 is 25.6 Å². The van der Waals surface area contributed by atoms with Crippen molar-refractivity contribution in [3.8, 4) is 0 Å². The van der Waals surface area contributed by atoms with Crippen LogP contribution < -0.4 is 10.6 Å². The molecule has 2 amide bonds. The molecule has 1 aromatic rings. The predicted molar refractivity (Wildman–Crippen MR) is 97.4 cm³/mol. The number of hydrogen-bond acceptors (Lipinski definition) is 5. The first-order chi connectivity index (χ1) is 12.5. The second-order valence-corrected chi connectivity index (χ2v) is 6.57. The van der Waals surface area contributed by atoms with Crippen LogP contribution in [0.5, 0.6) is 0 Å². The second-order valence-electron chi connectivity index (χ2n) is 6.57. The molecule has 1 saturated heterocycles. The Morgan fingerprint density at radius 1 is 1.08 bits per heavy atom. The number of ether oxygens (including phenoxy) is 1. The molecular formula is C19H28N2O5. The normalized spacial score (nSPS) is 25.3. The number of para-hydroxylation sites is 1. The van der Waals surface area contributed by atoms with Crippen LogP contribution in [-0.2, 0) is 14.3 Å². The number of hydrogen-bond donors (Lipinski definition) is 4. The number of carbonyl (C=O) groups is 2. The summed E-state index contributed by atoms with van der Waals surface area (Å²) in [7, 11) is 0. The summed E-state index contributed by atoms with van der Waals surface area (Å²) in [5.41, 5.74) is 0.652. The summed E-state index contributed by atoms with van der Waals surface area (Å²) in [5.74, 6) is -0.481. The fraction of sp³-hybridized carbons (Fsp3) is 0.579. The fourth-order valence-electron chi connectivity index (χ4n) is 3.08. The Morgan fingerprint density at radius 2 is 1.69 bits per heavy atom. The molecule has 0 radical (unpaired) electrons. The van der Waals surface area contributed by atoms with Crippen molar-refractivity contribution in [2.45, 2.75) is 57.5 Å². The van der Waals surface area contributed by atoms with Gasteiger partial charge in [0.05, 0.1) is 12.5 Å². The number of carbonyl (C=O) groups excluding carboxylic acids is 2. The number of aliphatic hydroxyl groups is 2. The van der Waals surface area contributed by atoms with Crippen LogP contribution in [0.25, 0.3) is 0 Å². The molecule has 0 aromatic heterocycles. The van der Waals surface area contributed by atoms with Crippen LogP contribution in [0, 0.1) is 5.92 Å². The number of amides is 2. The van der Waals surface area contributed by atoms with Crippen molar-refractivity contribution in [3.05, 3.63) is 30.3 Å². The van der Waals surface area contributed by atoms with Crippen LogP contribution in [0.3, 0.4) is 0 Å². The lowest BCUT2D eigenvalue weighted by Gasteiger charge is -2.18. The maximum Gasteiger partial charge on any atom is 0.227 e. The Kier molecular flexibility index (Phi) is 7.56. The zero-order valence-corrected chi connectivity index (χ0v) is 15.2. The molecule has 0 aliphatic carbocycles. The fourth-order valence-corrected chi connectivity index (χ4v) is 3.08. The highest BCUT2D eigenvalue weighted by atomic mass is 16.5. The average Bonchev–Trinajstić information content (AvgIpc) is 2.89. The lowest BCUT2D eigenvalue weighted by molar-refractivity contribution is -0.126. The van der Waals surface area contributed by atoms with Crippen molar-refractivity contribution in [2.75, 3.05) is 11.9 Å². The monoisotopic (exact) mass is 364 g/mol. The van der Waals surface area contributed by atoms with Crippen molar-refractivity contribution >= 4 is 17.5 Å². The molecule has 144 valence electrons. The second kappa shape index (κ2) is 9.66. The van der Waals surface area contributed by atoms with Gasteiger partial charge in [-0.3, -0.25) is 9.59 Å². The molecule has 0 bridgehead atoms. The van der Waals surface area contributed by atoms with E-state index in [-0.39, 0.29) is 30.7 Å². The number of nitrogens with one attached hydrogen (secondary N) is 2. The van der Waals surface area contributed by atoms with E-state index >= 15 is 0 Å². The number of benzene rings is 1. The first-order valence-corrected chi connectivity index (χ1v) is 9.10. The van der Waals surface area contributed by atoms with Gasteiger partial charge in [0.1, 0.15) is 18.3 Å². The van der Waals surface area contributed by atoms with Gasteiger partial charge in [0.15, 0.2) is 0 Å². The van der Waals surface area contributed by atoms with Gasteiger partial charge in [0.25, 0.3) is 0 Å². The van der Waals surface area contributed by atoms with E-state index in [0.29, 0.717) is 5.69 Å². The van der Waals surface area contributed by atoms with Crippen LogP contribution in [0.2, 0.25) is 0 Å². The van der Waals surface area contributed by atoms with E-state index in [1.807, 2.05) is 19.9 Å². The minimum absolute atomic E-state index is 0.0779. The Labute approximate surface area is 153 Å². The van der Waals surface area contributed by atoms with Crippen LogP contribution >= 0.6 is 0 Å². The highest BCUT2D eigenvalue weighted by Gasteiger charge is 2.43. The molecule has 1 aromatic carbocycles. The van der Waals surface area contributed by atoms with E-state index in [4.69, 9.17) is 4.74 Å². The zero-order valence-electron chi connectivity index (χ0n) is 15.2. The van der Waals surface area contributed by atoms with Crippen LogP contribution in [0.15, 0.2) is 30.3 Å². The van der Waals surface area contributed by atoms with E-state index in [2.05, 4.69) is 10.6 Å². The molecule has 0 spiro atoms. The van der Waals surface area contributed by atoms with E-state index in [1.165, 1.54) is 0 Å². The van der Waals surface area contributed by atoms with E-state index in [0.717, 1.165) is 12.8 Å². The maximum absolute atomic E-state index is 12.1. The van der Waals surface area contributed by atoms with Gasteiger partial charge in [-0.05, 0) is 25.0 Å². The Hall–Kier alpha value is -1.96. The molecule has 0 saturated carbocycles. The molecule has 4 unspecified atom stereocenters. The summed E-state index contributed by atoms with van der Waals surface area (Å²) in [6.07, 6.45) is -2.48. The summed E-state index contributed by atoms with van der Waals surface area (Å²) in [4.78, 5) is 24.1. The highest BCUT2D eigenvalue weighted by molar-refractivity contribution is 5.91. The maximum atomic E-state index is 12.1. The van der Waals surface area contributed by atoms with Crippen LogP contribution in [0.1, 0.15) is 33.1 Å². The zero-order chi connectivity index (χ0) is 19.1. The minimum Gasteiger partial charge on any atom is -0.388 e. The van der Waals surface area contributed by atoms with Crippen molar-refractivity contribution in [2.24, 2.45) is 5.92 Å². The van der Waals surface area contributed by atoms with Crippen molar-refractivity contribution in [3.63, 3.8) is 0 Å². The first kappa shape index (κ1) is 20.4. The van der Waals surface area contributed by atoms with E-state index in [9.17, 15) is 19.8 Å². The summed E-state index contributed by atoms with van der Waals surface area (Å²) < 4.78 is 5.62. The lowest BCUT2D eigenvalue weighted by atomic mass is 10.0. The molecule has 7 nitrogen and oxygen atoms in total. The topological polar surface area (TPSA) is 108 Å². The SMILES string of the molecule is CCC(CC)C(=O)NCC1OC(CC(=O)Nc2ccccc2)C(O)C1O. The highest BCUT2D eigenvalue weighted by Crippen LogP contribution is 2.24. The summed E-state index contributed by atoms with van der Waals surface area (Å²) in [6, 6.07) is 8.97. The van der Waals surface area contributed by atoms with Crippen molar-refractivity contribution in [1.29, 1.82) is 0 Å². The Balaban J connectivity index is 1.84. The predicted octanol–water partition coefficient (Wildman–Crippen LogP) is 1.06. The van der Waals surface area contributed by atoms with Gasteiger partial charge in [-0.1, -0.05) is 32.0 Å². The summed E-state index contributed by atoms with van der Waals surface area (Å²) in [5, 5.41) is 25.8. The molecule has 7 heteroatoms. The number of rotatable bonds is 8. The molecule has 4 atom stereocenters. The Morgan fingerprint density at radius 3 is 2.31 bits per heavy atom. The number of anilines is 1. The van der Waals surface area contributed by atoms with Crippen LogP contribution in [-0.4, -0.2) is 53.0 Å². The smallest absolute Gasteiger partial charge is 0.227 e. The average molecular weight is 364 g/mol. The largest absolute Gasteiger partial charge is 0.388 e. The third-order valence-electron chi connectivity index (χ3n) is 4.74. The van der Waals surface area contributed by atoms with Crippen molar-refractivity contribution < 1.29 is 24.5 Å². The summed E-state index contributed by atoms with van der Waals surface area (Å²) in [6.45, 7) is 3.99. The molecule has 1 heterocycles. The quantitative estimate of drug-likeness (QED) is 0.552. The van der Waals surface area contributed by atoms with E-state index < -0.39 is 24.4 Å². The van der Waals surface area contributed by atoms with Gasteiger partial charge in [-0.2, -0.15) is 0 Å². The lowest BCUT2D eigenvalue weighted by Crippen LogP contribution is -2.41. The van der Waals surface area contributed by atoms with Gasteiger partial charge in [-0.25, -0.2) is 0 Å². The van der Waals surface area contributed by atoms with Gasteiger partial charge in [0.2, 0.25) is 11.8 Å². The van der Waals surface area contributed by atoms with Gasteiger partial charge in [0, 0.05) is 18.2 Å².